The molecule has 1 heterocycles. The molecule has 1 aromatic heterocycles. The maximum atomic E-state index is 13.8. The summed E-state index contributed by atoms with van der Waals surface area (Å²) < 4.78 is 13.8. The molecule has 6 heteroatoms. The first-order chi connectivity index (χ1) is 8.20. The van der Waals surface area contributed by atoms with Crippen LogP contribution in [0.25, 0.3) is 0 Å². The third-order valence-electron chi connectivity index (χ3n) is 2.49. The molecule has 0 radical (unpaired) electrons. The number of H-pyrrole nitrogens is 1. The number of benzene rings is 1. The van der Waals surface area contributed by atoms with E-state index < -0.39 is 0 Å². The number of nitrogens with zero attached hydrogens (tertiary/aromatic N) is 2. The van der Waals surface area contributed by atoms with Gasteiger partial charge in [0.2, 0.25) is 0 Å². The van der Waals surface area contributed by atoms with Crippen LogP contribution in [-0.2, 0) is 0 Å². The Morgan fingerprint density at radius 1 is 1.47 bits per heavy atom. The van der Waals surface area contributed by atoms with Crippen LogP contribution in [0.2, 0.25) is 0 Å². The van der Waals surface area contributed by atoms with Crippen molar-refractivity contribution in [3.05, 3.63) is 35.9 Å². The van der Waals surface area contributed by atoms with Crippen LogP contribution in [-0.4, -0.2) is 22.2 Å². The Hall–Kier alpha value is -1.40. The van der Waals surface area contributed by atoms with Crippen LogP contribution in [0.3, 0.4) is 0 Å². The third-order valence-corrected chi connectivity index (χ3v) is 3.43. The highest BCUT2D eigenvalue weighted by atomic mass is 32.2. The predicted molar refractivity (Wildman–Crippen MR) is 64.4 cm³/mol. The van der Waals surface area contributed by atoms with Crippen LogP contribution in [0.1, 0.15) is 18.5 Å². The summed E-state index contributed by atoms with van der Waals surface area (Å²) in [7, 11) is 1.85. The lowest BCUT2D eigenvalue weighted by atomic mass is 10.1. The van der Waals surface area contributed by atoms with Crippen LogP contribution >= 0.6 is 11.8 Å². The minimum absolute atomic E-state index is 0.133. The van der Waals surface area contributed by atoms with Crippen molar-refractivity contribution in [1.82, 2.24) is 20.5 Å². The van der Waals surface area contributed by atoms with Crippen molar-refractivity contribution in [3.8, 4) is 0 Å². The average Bonchev–Trinajstić information content (AvgIpc) is 2.83. The molecule has 0 fully saturated rings. The molecule has 17 heavy (non-hydrogen) atoms. The normalized spacial score (nSPS) is 12.6. The standard InChI is InChI=1S/C11H13FN4S/c1-7(13-2)8-3-4-10(9(12)5-8)17-11-14-6-15-16-11/h3-7,13H,1-2H3,(H,14,15,16). The number of hydrogen-bond donors (Lipinski definition) is 2. The Kier molecular flexibility index (Phi) is 3.75. The van der Waals surface area contributed by atoms with Crippen molar-refractivity contribution >= 4 is 11.8 Å². The van der Waals surface area contributed by atoms with Gasteiger partial charge in [0, 0.05) is 6.04 Å². The van der Waals surface area contributed by atoms with Crippen LogP contribution in [0.15, 0.2) is 34.6 Å². The highest BCUT2D eigenvalue weighted by Crippen LogP contribution is 2.28. The van der Waals surface area contributed by atoms with Gasteiger partial charge in [-0.1, -0.05) is 6.07 Å². The monoisotopic (exact) mass is 252 g/mol. The SMILES string of the molecule is CNC(C)c1ccc(Sc2ncn[nH]2)c(F)c1. The van der Waals surface area contributed by atoms with Gasteiger partial charge in [-0.2, -0.15) is 5.10 Å². The Morgan fingerprint density at radius 3 is 2.88 bits per heavy atom. The highest BCUT2D eigenvalue weighted by Gasteiger charge is 2.09. The summed E-state index contributed by atoms with van der Waals surface area (Å²) in [6.45, 7) is 1.98. The van der Waals surface area contributed by atoms with Crippen molar-refractivity contribution in [2.75, 3.05) is 7.05 Å². The number of halogens is 1. The predicted octanol–water partition coefficient (Wildman–Crippen LogP) is 2.38. The Morgan fingerprint density at radius 2 is 2.29 bits per heavy atom. The number of aromatic amines is 1. The molecular formula is C11H13FN4S. The zero-order valence-electron chi connectivity index (χ0n) is 9.57. The lowest BCUT2D eigenvalue weighted by molar-refractivity contribution is 0.587. The zero-order valence-corrected chi connectivity index (χ0v) is 10.4. The molecule has 0 saturated heterocycles. The Bertz CT molecular complexity index is 486. The average molecular weight is 252 g/mol. The van der Waals surface area contributed by atoms with Gasteiger partial charge in [-0.3, -0.25) is 5.10 Å². The van der Waals surface area contributed by atoms with E-state index in [-0.39, 0.29) is 11.9 Å². The topological polar surface area (TPSA) is 53.6 Å². The Labute approximate surface area is 103 Å². The number of hydrogen-bond acceptors (Lipinski definition) is 4. The summed E-state index contributed by atoms with van der Waals surface area (Å²) >= 11 is 1.22. The smallest absolute Gasteiger partial charge is 0.188 e. The number of nitrogens with one attached hydrogen (secondary N) is 2. The van der Waals surface area contributed by atoms with Crippen molar-refractivity contribution in [3.63, 3.8) is 0 Å². The summed E-state index contributed by atoms with van der Waals surface area (Å²) in [4.78, 5) is 4.48. The van der Waals surface area contributed by atoms with E-state index in [0.717, 1.165) is 5.56 Å². The van der Waals surface area contributed by atoms with Gasteiger partial charge < -0.3 is 5.32 Å². The molecule has 4 nitrogen and oxygen atoms in total. The second-order valence-corrected chi connectivity index (χ2v) is 4.62. The zero-order chi connectivity index (χ0) is 12.3. The summed E-state index contributed by atoms with van der Waals surface area (Å²) in [5, 5.41) is 10.1. The molecule has 2 N–H and O–H groups in total. The number of rotatable bonds is 4. The van der Waals surface area contributed by atoms with E-state index in [2.05, 4.69) is 20.5 Å². The van der Waals surface area contributed by atoms with E-state index >= 15 is 0 Å². The van der Waals surface area contributed by atoms with Crippen LogP contribution < -0.4 is 5.32 Å². The fourth-order valence-electron chi connectivity index (χ4n) is 1.38. The molecule has 2 aromatic rings. The van der Waals surface area contributed by atoms with E-state index in [1.54, 1.807) is 12.1 Å². The van der Waals surface area contributed by atoms with E-state index in [4.69, 9.17) is 0 Å². The van der Waals surface area contributed by atoms with Gasteiger partial charge in [0.05, 0.1) is 4.90 Å². The van der Waals surface area contributed by atoms with Gasteiger partial charge in [-0.15, -0.1) is 0 Å². The van der Waals surface area contributed by atoms with Gasteiger partial charge in [0.15, 0.2) is 5.16 Å². The first-order valence-electron chi connectivity index (χ1n) is 5.20. The fourth-order valence-corrected chi connectivity index (χ4v) is 2.08. The summed E-state index contributed by atoms with van der Waals surface area (Å²) in [5.41, 5.74) is 0.923. The maximum absolute atomic E-state index is 13.8. The minimum atomic E-state index is -0.244. The molecule has 0 amide bonds. The van der Waals surface area contributed by atoms with Crippen molar-refractivity contribution < 1.29 is 4.39 Å². The van der Waals surface area contributed by atoms with Gasteiger partial charge in [0.25, 0.3) is 0 Å². The van der Waals surface area contributed by atoms with Gasteiger partial charge in [-0.25, -0.2) is 9.37 Å². The lowest BCUT2D eigenvalue weighted by Gasteiger charge is -2.11. The first-order valence-corrected chi connectivity index (χ1v) is 6.02. The van der Waals surface area contributed by atoms with Crippen LogP contribution in [0, 0.1) is 5.82 Å². The molecule has 1 aromatic carbocycles. The van der Waals surface area contributed by atoms with Crippen molar-refractivity contribution in [1.29, 1.82) is 0 Å². The van der Waals surface area contributed by atoms with Crippen molar-refractivity contribution in [2.24, 2.45) is 0 Å². The molecular weight excluding hydrogens is 239 g/mol. The summed E-state index contributed by atoms with van der Waals surface area (Å²) in [6, 6.07) is 5.34. The second kappa shape index (κ2) is 5.29. The molecule has 0 spiro atoms. The van der Waals surface area contributed by atoms with Crippen molar-refractivity contribution in [2.45, 2.75) is 23.0 Å². The maximum Gasteiger partial charge on any atom is 0.188 e. The van der Waals surface area contributed by atoms with Gasteiger partial charge in [0.1, 0.15) is 12.1 Å². The molecule has 90 valence electrons. The van der Waals surface area contributed by atoms with E-state index in [1.165, 1.54) is 18.1 Å². The molecule has 2 rings (SSSR count). The molecule has 0 aliphatic rings. The Balaban J connectivity index is 2.20. The van der Waals surface area contributed by atoms with Crippen LogP contribution in [0.4, 0.5) is 4.39 Å². The quantitative estimate of drug-likeness (QED) is 0.877. The molecule has 0 bridgehead atoms. The third kappa shape index (κ3) is 2.83. The van der Waals surface area contributed by atoms with Crippen LogP contribution in [0.5, 0.6) is 0 Å². The van der Waals surface area contributed by atoms with E-state index in [0.29, 0.717) is 10.1 Å². The van der Waals surface area contributed by atoms with E-state index in [1.807, 2.05) is 20.0 Å². The first kappa shape index (κ1) is 12.1. The molecule has 0 aliphatic carbocycles. The minimum Gasteiger partial charge on any atom is -0.313 e. The molecule has 1 atom stereocenters. The second-order valence-electron chi connectivity index (χ2n) is 3.59. The molecule has 0 aliphatic heterocycles. The van der Waals surface area contributed by atoms with E-state index in [9.17, 15) is 4.39 Å². The van der Waals surface area contributed by atoms with Gasteiger partial charge >= 0.3 is 0 Å². The fraction of sp³-hybridized carbons (Fsp3) is 0.273. The molecule has 0 saturated carbocycles. The molecule has 1 unspecified atom stereocenters. The summed E-state index contributed by atoms with van der Waals surface area (Å²) in [6.07, 6.45) is 1.40. The number of aromatic nitrogens is 3. The summed E-state index contributed by atoms with van der Waals surface area (Å²) in [5.74, 6) is -0.244. The highest BCUT2D eigenvalue weighted by molar-refractivity contribution is 7.99. The largest absolute Gasteiger partial charge is 0.313 e. The lowest BCUT2D eigenvalue weighted by Crippen LogP contribution is -2.12. The van der Waals surface area contributed by atoms with Gasteiger partial charge in [-0.05, 0) is 43.4 Å².